The highest BCUT2D eigenvalue weighted by Gasteiger charge is 2.12. The average molecular weight is 287 g/mol. The maximum Gasteiger partial charge on any atom is 0.238 e. The molecule has 0 bridgehead atoms. The Labute approximate surface area is 114 Å². The first-order valence-electron chi connectivity index (χ1n) is 6.06. The Kier molecular flexibility index (Phi) is 5.59. The number of benzene rings is 1. The molecule has 7 heteroatoms. The largest absolute Gasteiger partial charge is 0.397 e. The number of ether oxygens (including phenoxy) is 1. The van der Waals surface area contributed by atoms with E-state index in [9.17, 15) is 8.42 Å². The van der Waals surface area contributed by atoms with Crippen LogP contribution in [0.25, 0.3) is 0 Å². The van der Waals surface area contributed by atoms with Crippen LogP contribution < -0.4 is 16.2 Å². The molecule has 0 heterocycles. The van der Waals surface area contributed by atoms with Crippen LogP contribution in [0.2, 0.25) is 0 Å². The van der Waals surface area contributed by atoms with E-state index in [2.05, 4.69) is 12.2 Å². The van der Waals surface area contributed by atoms with Gasteiger partial charge in [-0.3, -0.25) is 0 Å². The first-order chi connectivity index (χ1) is 8.88. The first-order valence-corrected chi connectivity index (χ1v) is 7.61. The Bertz CT molecular complexity index is 511. The summed E-state index contributed by atoms with van der Waals surface area (Å²) in [6.07, 6.45) is 1.94. The predicted octanol–water partition coefficient (Wildman–Crippen LogP) is 1.14. The van der Waals surface area contributed by atoms with E-state index < -0.39 is 10.0 Å². The van der Waals surface area contributed by atoms with Gasteiger partial charge in [-0.1, -0.05) is 13.3 Å². The van der Waals surface area contributed by atoms with E-state index in [0.717, 1.165) is 12.8 Å². The summed E-state index contributed by atoms with van der Waals surface area (Å²) in [6.45, 7) is 2.64. The standard InChI is InChI=1S/C12H21N3O3S/c1-3-4-9(8-18-2)15-12-6-5-10(7-11(12)13)19(14,16)17/h5-7,9,15H,3-4,8,13H2,1-2H3,(H2,14,16,17). The van der Waals surface area contributed by atoms with Gasteiger partial charge < -0.3 is 15.8 Å². The molecule has 0 amide bonds. The minimum atomic E-state index is -3.72. The molecule has 1 atom stereocenters. The lowest BCUT2D eigenvalue weighted by Gasteiger charge is -2.20. The summed E-state index contributed by atoms with van der Waals surface area (Å²) in [5.74, 6) is 0. The summed E-state index contributed by atoms with van der Waals surface area (Å²) < 4.78 is 27.5. The third kappa shape index (κ3) is 4.70. The number of hydrogen-bond acceptors (Lipinski definition) is 5. The average Bonchev–Trinajstić information content (AvgIpc) is 2.31. The van der Waals surface area contributed by atoms with Gasteiger partial charge in [-0.2, -0.15) is 0 Å². The van der Waals surface area contributed by atoms with Gasteiger partial charge in [-0.15, -0.1) is 0 Å². The van der Waals surface area contributed by atoms with Crippen molar-refractivity contribution in [2.75, 3.05) is 24.8 Å². The fourth-order valence-corrected chi connectivity index (χ4v) is 2.36. The van der Waals surface area contributed by atoms with Crippen molar-refractivity contribution in [3.8, 4) is 0 Å². The zero-order valence-electron chi connectivity index (χ0n) is 11.2. The Morgan fingerprint density at radius 1 is 1.42 bits per heavy atom. The molecule has 5 N–H and O–H groups in total. The van der Waals surface area contributed by atoms with Gasteiger partial charge in [0.25, 0.3) is 0 Å². The van der Waals surface area contributed by atoms with Gasteiger partial charge in [-0.05, 0) is 24.6 Å². The number of anilines is 2. The SMILES string of the molecule is CCCC(COC)Nc1ccc(S(N)(=O)=O)cc1N. The normalized spacial score (nSPS) is 13.2. The second-order valence-corrected chi connectivity index (χ2v) is 5.94. The summed E-state index contributed by atoms with van der Waals surface area (Å²) in [5, 5.41) is 8.29. The van der Waals surface area contributed by atoms with E-state index in [1.165, 1.54) is 12.1 Å². The lowest BCUT2D eigenvalue weighted by Crippen LogP contribution is -2.25. The Morgan fingerprint density at radius 2 is 2.11 bits per heavy atom. The van der Waals surface area contributed by atoms with Gasteiger partial charge in [-0.25, -0.2) is 13.6 Å². The lowest BCUT2D eigenvalue weighted by molar-refractivity contribution is 0.182. The molecule has 0 aliphatic carbocycles. The number of primary sulfonamides is 1. The van der Waals surface area contributed by atoms with Crippen molar-refractivity contribution in [2.45, 2.75) is 30.7 Å². The smallest absolute Gasteiger partial charge is 0.238 e. The van der Waals surface area contributed by atoms with Crippen molar-refractivity contribution in [1.82, 2.24) is 0 Å². The molecular weight excluding hydrogens is 266 g/mol. The predicted molar refractivity (Wildman–Crippen MR) is 76.4 cm³/mol. The van der Waals surface area contributed by atoms with Crippen LogP contribution in [-0.4, -0.2) is 28.2 Å². The van der Waals surface area contributed by atoms with Gasteiger partial charge >= 0.3 is 0 Å². The molecule has 0 radical (unpaired) electrons. The van der Waals surface area contributed by atoms with Crippen LogP contribution >= 0.6 is 0 Å². The van der Waals surface area contributed by atoms with E-state index in [-0.39, 0.29) is 10.9 Å². The van der Waals surface area contributed by atoms with Crippen molar-refractivity contribution in [3.63, 3.8) is 0 Å². The van der Waals surface area contributed by atoms with Crippen LogP contribution in [0.1, 0.15) is 19.8 Å². The van der Waals surface area contributed by atoms with E-state index in [0.29, 0.717) is 18.0 Å². The summed E-state index contributed by atoms with van der Waals surface area (Å²) in [5.41, 5.74) is 6.87. The molecule has 0 saturated carbocycles. The summed E-state index contributed by atoms with van der Waals surface area (Å²) in [4.78, 5) is 0.00864. The van der Waals surface area contributed by atoms with Crippen molar-refractivity contribution < 1.29 is 13.2 Å². The Morgan fingerprint density at radius 3 is 2.58 bits per heavy atom. The topological polar surface area (TPSA) is 107 Å². The summed E-state index contributed by atoms with van der Waals surface area (Å²) in [7, 11) is -2.09. The fourth-order valence-electron chi connectivity index (χ4n) is 1.82. The van der Waals surface area contributed by atoms with Crippen molar-refractivity contribution >= 4 is 21.4 Å². The Hall–Kier alpha value is -1.31. The number of nitrogens with one attached hydrogen (secondary N) is 1. The van der Waals surface area contributed by atoms with E-state index >= 15 is 0 Å². The van der Waals surface area contributed by atoms with Gasteiger partial charge in [0, 0.05) is 13.2 Å². The first kappa shape index (κ1) is 15.7. The minimum absolute atomic E-state index is 0.00864. The summed E-state index contributed by atoms with van der Waals surface area (Å²) >= 11 is 0. The van der Waals surface area contributed by atoms with Gasteiger partial charge in [0.15, 0.2) is 0 Å². The molecular formula is C12H21N3O3S. The van der Waals surface area contributed by atoms with Gasteiger partial charge in [0.1, 0.15) is 0 Å². The monoisotopic (exact) mass is 287 g/mol. The fraction of sp³-hybridized carbons (Fsp3) is 0.500. The van der Waals surface area contributed by atoms with Gasteiger partial charge in [0.2, 0.25) is 10.0 Å². The van der Waals surface area contributed by atoms with Crippen molar-refractivity contribution in [2.24, 2.45) is 5.14 Å². The zero-order chi connectivity index (χ0) is 14.5. The highest BCUT2D eigenvalue weighted by molar-refractivity contribution is 7.89. The molecule has 1 aromatic rings. The van der Waals surface area contributed by atoms with Crippen LogP contribution in [0.3, 0.4) is 0 Å². The van der Waals surface area contributed by atoms with E-state index in [1.807, 2.05) is 0 Å². The molecule has 108 valence electrons. The molecule has 6 nitrogen and oxygen atoms in total. The molecule has 0 spiro atoms. The minimum Gasteiger partial charge on any atom is -0.397 e. The van der Waals surface area contributed by atoms with Crippen LogP contribution in [-0.2, 0) is 14.8 Å². The Balaban J connectivity index is 2.90. The zero-order valence-corrected chi connectivity index (χ0v) is 12.0. The number of methoxy groups -OCH3 is 1. The lowest BCUT2D eigenvalue weighted by atomic mass is 10.1. The molecule has 0 fully saturated rings. The number of nitrogens with two attached hydrogens (primary N) is 2. The van der Waals surface area contributed by atoms with E-state index in [1.54, 1.807) is 13.2 Å². The number of nitrogen functional groups attached to an aromatic ring is 1. The molecule has 0 aliphatic heterocycles. The highest BCUT2D eigenvalue weighted by atomic mass is 32.2. The second kappa shape index (κ2) is 6.74. The molecule has 0 aliphatic rings. The highest BCUT2D eigenvalue weighted by Crippen LogP contribution is 2.23. The van der Waals surface area contributed by atoms with Crippen LogP contribution in [0, 0.1) is 0 Å². The maximum atomic E-state index is 11.2. The molecule has 1 rings (SSSR count). The third-order valence-corrected chi connectivity index (χ3v) is 3.63. The number of rotatable bonds is 7. The van der Waals surface area contributed by atoms with Crippen molar-refractivity contribution in [3.05, 3.63) is 18.2 Å². The van der Waals surface area contributed by atoms with Crippen LogP contribution in [0.5, 0.6) is 0 Å². The molecule has 0 saturated heterocycles. The second-order valence-electron chi connectivity index (χ2n) is 4.38. The quantitative estimate of drug-likeness (QED) is 0.652. The number of sulfonamides is 1. The van der Waals surface area contributed by atoms with E-state index in [4.69, 9.17) is 15.6 Å². The van der Waals surface area contributed by atoms with Crippen LogP contribution in [0.15, 0.2) is 23.1 Å². The molecule has 0 aromatic heterocycles. The molecule has 1 aromatic carbocycles. The van der Waals surface area contributed by atoms with Crippen LogP contribution in [0.4, 0.5) is 11.4 Å². The number of hydrogen-bond donors (Lipinski definition) is 3. The maximum absolute atomic E-state index is 11.2. The van der Waals surface area contributed by atoms with Gasteiger partial charge in [0.05, 0.1) is 22.9 Å². The van der Waals surface area contributed by atoms with Crippen molar-refractivity contribution in [1.29, 1.82) is 0 Å². The molecule has 19 heavy (non-hydrogen) atoms. The summed E-state index contributed by atoms with van der Waals surface area (Å²) in [6, 6.07) is 4.54. The third-order valence-electron chi connectivity index (χ3n) is 2.72. The molecule has 1 unspecified atom stereocenters.